The van der Waals surface area contributed by atoms with Crippen molar-refractivity contribution in [2.75, 3.05) is 11.1 Å². The number of carbonyl (C=O) groups is 1. The quantitative estimate of drug-likeness (QED) is 0.410. The summed E-state index contributed by atoms with van der Waals surface area (Å²) in [6, 6.07) is 10.8. The first-order valence-corrected chi connectivity index (χ1v) is 13.8. The molecule has 1 amide bonds. The summed E-state index contributed by atoms with van der Waals surface area (Å²) in [6.45, 7) is 5.24. The minimum Gasteiger partial charge on any atom is -0.302 e. The second kappa shape index (κ2) is 9.01. The van der Waals surface area contributed by atoms with Crippen LogP contribution in [0.25, 0.3) is 27.5 Å². The number of rotatable bonds is 6. The number of hydrogen-bond acceptors (Lipinski definition) is 7. The van der Waals surface area contributed by atoms with E-state index in [-0.39, 0.29) is 22.5 Å². The van der Waals surface area contributed by atoms with Crippen LogP contribution in [0.5, 0.6) is 0 Å². The summed E-state index contributed by atoms with van der Waals surface area (Å²) in [5.74, 6) is -0.0811. The van der Waals surface area contributed by atoms with Gasteiger partial charge >= 0.3 is 0 Å². The van der Waals surface area contributed by atoms with Gasteiger partial charge in [0.2, 0.25) is 5.91 Å². The average Bonchev–Trinajstić information content (AvgIpc) is 3.39. The molecule has 0 saturated heterocycles. The maximum absolute atomic E-state index is 13.0. The van der Waals surface area contributed by atoms with Gasteiger partial charge in [0, 0.05) is 30.4 Å². The van der Waals surface area contributed by atoms with Gasteiger partial charge in [-0.2, -0.15) is 5.10 Å². The molecule has 0 aliphatic heterocycles. The third kappa shape index (κ3) is 4.51. The van der Waals surface area contributed by atoms with Crippen molar-refractivity contribution in [2.24, 2.45) is 5.92 Å². The van der Waals surface area contributed by atoms with Crippen LogP contribution in [0.4, 0.5) is 5.13 Å². The number of aryl methyl sites for hydroxylation is 1. The number of carbonyl (C=O) groups excluding carboxylic acids is 1. The van der Waals surface area contributed by atoms with E-state index in [1.54, 1.807) is 35.3 Å². The molecule has 1 aromatic carbocycles. The van der Waals surface area contributed by atoms with E-state index in [9.17, 15) is 13.2 Å². The van der Waals surface area contributed by atoms with Crippen LogP contribution in [-0.2, 0) is 27.5 Å². The predicted octanol–water partition coefficient (Wildman–Crippen LogP) is 4.54. The number of nitrogens with zero attached hydrogens (tertiary/aromatic N) is 4. The molecule has 0 saturated carbocycles. The monoisotopic (exact) mass is 507 g/mol. The molecule has 0 unspecified atom stereocenters. The highest BCUT2D eigenvalue weighted by atomic mass is 32.2. The van der Waals surface area contributed by atoms with Crippen molar-refractivity contribution in [3.8, 4) is 27.5 Å². The molecule has 1 aliphatic carbocycles. The molecule has 0 atom stereocenters. The van der Waals surface area contributed by atoms with E-state index in [0.717, 1.165) is 45.9 Å². The van der Waals surface area contributed by atoms with E-state index < -0.39 is 9.84 Å². The van der Waals surface area contributed by atoms with Crippen molar-refractivity contribution in [1.29, 1.82) is 0 Å². The molecule has 0 bridgehead atoms. The van der Waals surface area contributed by atoms with Crippen LogP contribution in [0.3, 0.4) is 0 Å². The fourth-order valence-electron chi connectivity index (χ4n) is 4.34. The summed E-state index contributed by atoms with van der Waals surface area (Å²) in [7, 11) is -3.43. The van der Waals surface area contributed by atoms with Crippen molar-refractivity contribution < 1.29 is 13.2 Å². The number of hydrogen-bond donors (Lipinski definition) is 1. The van der Waals surface area contributed by atoms with E-state index in [1.807, 2.05) is 32.0 Å². The van der Waals surface area contributed by atoms with Gasteiger partial charge in [0.25, 0.3) is 0 Å². The van der Waals surface area contributed by atoms with Crippen LogP contribution >= 0.6 is 11.3 Å². The zero-order valence-corrected chi connectivity index (χ0v) is 21.3. The Labute approximate surface area is 208 Å². The highest BCUT2D eigenvalue weighted by Crippen LogP contribution is 2.44. The summed E-state index contributed by atoms with van der Waals surface area (Å²) >= 11 is 1.40. The number of aromatic nitrogens is 4. The molecule has 4 aromatic rings. The maximum Gasteiger partial charge on any atom is 0.223 e. The molecule has 0 radical (unpaired) electrons. The van der Waals surface area contributed by atoms with Crippen molar-refractivity contribution in [3.63, 3.8) is 0 Å². The number of pyridine rings is 1. The van der Waals surface area contributed by atoms with Crippen LogP contribution in [0.15, 0.2) is 53.7 Å². The predicted molar refractivity (Wildman–Crippen MR) is 137 cm³/mol. The zero-order chi connectivity index (χ0) is 24.7. The Morgan fingerprint density at radius 2 is 2.03 bits per heavy atom. The summed E-state index contributed by atoms with van der Waals surface area (Å²) in [6.07, 6.45) is 4.94. The maximum atomic E-state index is 13.0. The van der Waals surface area contributed by atoms with Gasteiger partial charge in [0.15, 0.2) is 15.0 Å². The second-order valence-corrected chi connectivity index (χ2v) is 12.0. The molecule has 3 heterocycles. The lowest BCUT2D eigenvalue weighted by molar-refractivity contribution is -0.114. The average molecular weight is 508 g/mol. The molecule has 1 N–H and O–H groups in total. The Kier molecular flexibility index (Phi) is 6.02. The Bertz CT molecular complexity index is 1520. The number of sulfone groups is 1. The van der Waals surface area contributed by atoms with Gasteiger partial charge in [-0.05, 0) is 49.1 Å². The van der Waals surface area contributed by atoms with Crippen molar-refractivity contribution >= 4 is 32.2 Å². The Morgan fingerprint density at radius 3 is 2.74 bits per heavy atom. The fraction of sp³-hybridized carbons (Fsp3) is 0.280. The molecule has 3 aromatic heterocycles. The van der Waals surface area contributed by atoms with Crippen LogP contribution in [-0.4, -0.2) is 39.8 Å². The fourth-order valence-corrected chi connectivity index (χ4v) is 7.11. The molecule has 8 nitrogen and oxygen atoms in total. The number of anilines is 1. The molecule has 35 heavy (non-hydrogen) atoms. The Balaban J connectivity index is 1.71. The molecule has 5 rings (SSSR count). The van der Waals surface area contributed by atoms with Crippen LogP contribution < -0.4 is 5.32 Å². The van der Waals surface area contributed by atoms with Gasteiger partial charge in [-0.3, -0.25) is 9.78 Å². The molecule has 10 heteroatoms. The molecular formula is C25H25N5O3S2. The normalized spacial score (nSPS) is 12.9. The SMILES string of the molecule is CC(=O)Nc1nc2c(s1)-c1c(c(-c3cccnc3)nn1-c1cccc(S(=O)(=O)CC(C)C)c1)CC2. The molecule has 0 fully saturated rings. The van der Waals surface area contributed by atoms with E-state index >= 15 is 0 Å². The Morgan fingerprint density at radius 1 is 1.20 bits per heavy atom. The molecule has 1 aliphatic rings. The standard InChI is InChI=1S/C25H25N5O3S2/c1-15(2)14-35(32,33)19-8-4-7-18(12-19)30-23-20(22(29-30)17-6-5-11-26-13-17)9-10-21-24(23)34-25(28-21)27-16(3)31/h4-8,11-13,15H,9-10,14H2,1-3H3,(H,27,28,31). The summed E-state index contributed by atoms with van der Waals surface area (Å²) in [5, 5.41) is 8.29. The third-order valence-corrected chi connectivity index (χ3v) is 8.80. The summed E-state index contributed by atoms with van der Waals surface area (Å²) in [5.41, 5.74) is 5.18. The smallest absolute Gasteiger partial charge is 0.223 e. The van der Waals surface area contributed by atoms with E-state index in [2.05, 4.69) is 15.3 Å². The summed E-state index contributed by atoms with van der Waals surface area (Å²) in [4.78, 5) is 21.7. The minimum absolute atomic E-state index is 0.0188. The van der Waals surface area contributed by atoms with Gasteiger partial charge in [0.05, 0.1) is 38.3 Å². The number of benzene rings is 1. The lowest BCUT2D eigenvalue weighted by Crippen LogP contribution is -2.12. The van der Waals surface area contributed by atoms with Crippen LogP contribution in [0.1, 0.15) is 32.0 Å². The molecule has 180 valence electrons. The molecule has 0 spiro atoms. The van der Waals surface area contributed by atoms with Crippen molar-refractivity contribution in [3.05, 3.63) is 60.0 Å². The minimum atomic E-state index is -3.43. The largest absolute Gasteiger partial charge is 0.302 e. The number of thiazole rings is 1. The second-order valence-electron chi connectivity index (χ2n) is 8.98. The van der Waals surface area contributed by atoms with Gasteiger partial charge < -0.3 is 5.32 Å². The lowest BCUT2D eigenvalue weighted by atomic mass is 9.95. The van der Waals surface area contributed by atoms with Crippen LogP contribution in [0, 0.1) is 5.92 Å². The number of amides is 1. The zero-order valence-electron chi connectivity index (χ0n) is 19.6. The van der Waals surface area contributed by atoms with Crippen molar-refractivity contribution in [1.82, 2.24) is 19.7 Å². The van der Waals surface area contributed by atoms with E-state index in [0.29, 0.717) is 10.8 Å². The lowest BCUT2D eigenvalue weighted by Gasteiger charge is -2.15. The van der Waals surface area contributed by atoms with E-state index in [4.69, 9.17) is 5.10 Å². The van der Waals surface area contributed by atoms with Crippen molar-refractivity contribution in [2.45, 2.75) is 38.5 Å². The first kappa shape index (κ1) is 23.4. The van der Waals surface area contributed by atoms with Gasteiger partial charge in [0.1, 0.15) is 0 Å². The van der Waals surface area contributed by atoms with Gasteiger partial charge in [-0.15, -0.1) is 0 Å². The van der Waals surface area contributed by atoms with E-state index in [1.165, 1.54) is 18.3 Å². The van der Waals surface area contributed by atoms with Gasteiger partial charge in [-0.25, -0.2) is 18.1 Å². The topological polar surface area (TPSA) is 107 Å². The first-order valence-electron chi connectivity index (χ1n) is 11.4. The third-order valence-electron chi connectivity index (χ3n) is 5.70. The molecular weight excluding hydrogens is 482 g/mol. The first-order chi connectivity index (χ1) is 16.7. The van der Waals surface area contributed by atoms with Gasteiger partial charge in [-0.1, -0.05) is 31.3 Å². The summed E-state index contributed by atoms with van der Waals surface area (Å²) < 4.78 is 27.7. The van der Waals surface area contributed by atoms with Crippen LogP contribution in [0.2, 0.25) is 0 Å². The highest BCUT2D eigenvalue weighted by Gasteiger charge is 2.30. The number of nitrogens with one attached hydrogen (secondary N) is 1. The number of fused-ring (bicyclic) bond motifs is 3. The Hall–Kier alpha value is -3.37. The highest BCUT2D eigenvalue weighted by molar-refractivity contribution is 7.91.